The smallest absolute Gasteiger partial charge is 0.0304 e. The van der Waals surface area contributed by atoms with Crippen molar-refractivity contribution in [2.45, 2.75) is 44.7 Å². The largest absolute Gasteiger partial charge is 0.307 e. The molecule has 13 heavy (non-hydrogen) atoms. The van der Waals surface area contributed by atoms with Gasteiger partial charge in [-0.15, -0.1) is 11.3 Å². The van der Waals surface area contributed by atoms with Crippen molar-refractivity contribution in [3.05, 3.63) is 22.4 Å². The SMILES string of the molecule is CC1(NCc2cccs2)CCCC1. The Balaban J connectivity index is 1.85. The zero-order chi connectivity index (χ0) is 9.15. The van der Waals surface area contributed by atoms with Gasteiger partial charge in [0.05, 0.1) is 0 Å². The molecule has 1 aromatic rings. The molecule has 0 saturated heterocycles. The lowest BCUT2D eigenvalue weighted by molar-refractivity contribution is 0.364. The van der Waals surface area contributed by atoms with Crippen LogP contribution in [0, 0.1) is 0 Å². The summed E-state index contributed by atoms with van der Waals surface area (Å²) >= 11 is 1.84. The Labute approximate surface area is 84.2 Å². The van der Waals surface area contributed by atoms with Gasteiger partial charge in [-0.05, 0) is 31.2 Å². The first kappa shape index (κ1) is 9.22. The molecule has 0 unspecified atom stereocenters. The number of nitrogens with one attached hydrogen (secondary N) is 1. The van der Waals surface area contributed by atoms with Crippen molar-refractivity contribution >= 4 is 11.3 Å². The second-order valence-corrected chi connectivity index (χ2v) is 5.23. The fraction of sp³-hybridized carbons (Fsp3) is 0.636. The lowest BCUT2D eigenvalue weighted by Crippen LogP contribution is -2.38. The van der Waals surface area contributed by atoms with Crippen molar-refractivity contribution in [3.63, 3.8) is 0 Å². The van der Waals surface area contributed by atoms with Crippen LogP contribution in [-0.2, 0) is 6.54 Å². The van der Waals surface area contributed by atoms with Gasteiger partial charge in [-0.3, -0.25) is 0 Å². The van der Waals surface area contributed by atoms with E-state index in [1.165, 1.54) is 30.6 Å². The monoisotopic (exact) mass is 195 g/mol. The average molecular weight is 195 g/mol. The molecule has 2 rings (SSSR count). The number of hydrogen-bond acceptors (Lipinski definition) is 2. The van der Waals surface area contributed by atoms with Gasteiger partial charge < -0.3 is 5.32 Å². The molecular formula is C11H17NS. The zero-order valence-corrected chi connectivity index (χ0v) is 8.99. The topological polar surface area (TPSA) is 12.0 Å². The van der Waals surface area contributed by atoms with Crippen LogP contribution in [0.25, 0.3) is 0 Å². The van der Waals surface area contributed by atoms with Gasteiger partial charge in [0.15, 0.2) is 0 Å². The molecule has 1 saturated carbocycles. The molecular weight excluding hydrogens is 178 g/mol. The quantitative estimate of drug-likeness (QED) is 0.781. The molecule has 2 heteroatoms. The maximum absolute atomic E-state index is 3.67. The molecule has 72 valence electrons. The van der Waals surface area contributed by atoms with Crippen LogP contribution in [0.3, 0.4) is 0 Å². The van der Waals surface area contributed by atoms with E-state index in [9.17, 15) is 0 Å². The Hall–Kier alpha value is -0.340. The van der Waals surface area contributed by atoms with Gasteiger partial charge in [-0.2, -0.15) is 0 Å². The second kappa shape index (κ2) is 3.81. The molecule has 0 radical (unpaired) electrons. The van der Waals surface area contributed by atoms with E-state index < -0.39 is 0 Å². The molecule has 0 amide bonds. The van der Waals surface area contributed by atoms with Crippen molar-refractivity contribution in [2.24, 2.45) is 0 Å². The molecule has 1 aromatic heterocycles. The van der Waals surface area contributed by atoms with E-state index >= 15 is 0 Å². The zero-order valence-electron chi connectivity index (χ0n) is 8.18. The van der Waals surface area contributed by atoms with Crippen molar-refractivity contribution in [1.82, 2.24) is 5.32 Å². The summed E-state index contributed by atoms with van der Waals surface area (Å²) in [5.41, 5.74) is 0.421. The standard InChI is InChI=1S/C11H17NS/c1-11(6-2-3-7-11)12-9-10-5-4-8-13-10/h4-5,8,12H,2-3,6-7,9H2,1H3. The highest BCUT2D eigenvalue weighted by molar-refractivity contribution is 7.09. The number of rotatable bonds is 3. The first-order valence-electron chi connectivity index (χ1n) is 5.06. The van der Waals surface area contributed by atoms with Gasteiger partial charge in [-0.25, -0.2) is 0 Å². The van der Waals surface area contributed by atoms with E-state index in [2.05, 4.69) is 29.8 Å². The summed E-state index contributed by atoms with van der Waals surface area (Å²) in [6.45, 7) is 3.40. The van der Waals surface area contributed by atoms with Crippen LogP contribution in [0.1, 0.15) is 37.5 Å². The Morgan fingerprint density at radius 3 is 2.85 bits per heavy atom. The molecule has 1 nitrogen and oxygen atoms in total. The van der Waals surface area contributed by atoms with E-state index in [0.29, 0.717) is 5.54 Å². The second-order valence-electron chi connectivity index (χ2n) is 4.20. The van der Waals surface area contributed by atoms with E-state index in [4.69, 9.17) is 0 Å². The van der Waals surface area contributed by atoms with Crippen LogP contribution in [0.4, 0.5) is 0 Å². The Bertz CT molecular complexity index is 247. The maximum Gasteiger partial charge on any atom is 0.0304 e. The summed E-state index contributed by atoms with van der Waals surface area (Å²) in [5, 5.41) is 5.82. The number of hydrogen-bond donors (Lipinski definition) is 1. The van der Waals surface area contributed by atoms with Gasteiger partial charge >= 0.3 is 0 Å². The highest BCUT2D eigenvalue weighted by atomic mass is 32.1. The fourth-order valence-corrected chi connectivity index (χ4v) is 2.69. The summed E-state index contributed by atoms with van der Waals surface area (Å²) in [6.07, 6.45) is 5.48. The van der Waals surface area contributed by atoms with E-state index in [1.54, 1.807) is 0 Å². The lowest BCUT2D eigenvalue weighted by Gasteiger charge is -2.24. The maximum atomic E-state index is 3.67. The highest BCUT2D eigenvalue weighted by Gasteiger charge is 2.27. The molecule has 1 aliphatic rings. The predicted molar refractivity (Wildman–Crippen MR) is 58.0 cm³/mol. The highest BCUT2D eigenvalue weighted by Crippen LogP contribution is 2.29. The average Bonchev–Trinajstić information content (AvgIpc) is 2.72. The predicted octanol–water partition coefficient (Wildman–Crippen LogP) is 3.17. The summed E-state index contributed by atoms with van der Waals surface area (Å²) in [5.74, 6) is 0. The van der Waals surface area contributed by atoms with Crippen molar-refractivity contribution < 1.29 is 0 Å². The third-order valence-corrected chi connectivity index (χ3v) is 3.85. The molecule has 0 aliphatic heterocycles. The minimum absolute atomic E-state index is 0.421. The van der Waals surface area contributed by atoms with Crippen molar-refractivity contribution in [3.8, 4) is 0 Å². The molecule has 0 spiro atoms. The van der Waals surface area contributed by atoms with Crippen LogP contribution >= 0.6 is 11.3 Å². The summed E-state index contributed by atoms with van der Waals surface area (Å²) in [6, 6.07) is 4.33. The normalized spacial score (nSPS) is 20.7. The molecule has 1 fully saturated rings. The fourth-order valence-electron chi connectivity index (χ4n) is 2.05. The van der Waals surface area contributed by atoms with Gasteiger partial charge in [0.2, 0.25) is 0 Å². The van der Waals surface area contributed by atoms with Crippen LogP contribution in [0.15, 0.2) is 17.5 Å². The first-order chi connectivity index (χ1) is 6.29. The first-order valence-corrected chi connectivity index (χ1v) is 5.94. The molecule has 0 aromatic carbocycles. The molecule has 1 aliphatic carbocycles. The summed E-state index contributed by atoms with van der Waals surface area (Å²) in [4.78, 5) is 1.45. The van der Waals surface area contributed by atoms with Crippen LogP contribution in [0.2, 0.25) is 0 Å². The van der Waals surface area contributed by atoms with Crippen LogP contribution in [-0.4, -0.2) is 5.54 Å². The minimum Gasteiger partial charge on any atom is -0.307 e. The Morgan fingerprint density at radius 2 is 2.23 bits per heavy atom. The molecule has 1 N–H and O–H groups in total. The Morgan fingerprint density at radius 1 is 1.46 bits per heavy atom. The van der Waals surface area contributed by atoms with Gasteiger partial charge in [-0.1, -0.05) is 18.9 Å². The Kier molecular flexibility index (Phi) is 2.70. The molecule has 0 atom stereocenters. The summed E-state index contributed by atoms with van der Waals surface area (Å²) < 4.78 is 0. The van der Waals surface area contributed by atoms with Gasteiger partial charge in [0, 0.05) is 17.0 Å². The van der Waals surface area contributed by atoms with Crippen molar-refractivity contribution in [1.29, 1.82) is 0 Å². The van der Waals surface area contributed by atoms with E-state index in [1.807, 2.05) is 11.3 Å². The molecule has 0 bridgehead atoms. The third kappa shape index (κ3) is 2.32. The summed E-state index contributed by atoms with van der Waals surface area (Å²) in [7, 11) is 0. The lowest BCUT2D eigenvalue weighted by atomic mass is 10.0. The number of thiophene rings is 1. The van der Waals surface area contributed by atoms with Crippen LogP contribution < -0.4 is 5.32 Å². The molecule has 1 heterocycles. The van der Waals surface area contributed by atoms with Crippen molar-refractivity contribution in [2.75, 3.05) is 0 Å². The third-order valence-electron chi connectivity index (χ3n) is 2.98. The van der Waals surface area contributed by atoms with E-state index in [0.717, 1.165) is 6.54 Å². The van der Waals surface area contributed by atoms with Gasteiger partial charge in [0.1, 0.15) is 0 Å². The minimum atomic E-state index is 0.421. The van der Waals surface area contributed by atoms with Gasteiger partial charge in [0.25, 0.3) is 0 Å². The van der Waals surface area contributed by atoms with E-state index in [-0.39, 0.29) is 0 Å². The van der Waals surface area contributed by atoms with Crippen LogP contribution in [0.5, 0.6) is 0 Å².